The van der Waals surface area contributed by atoms with Crippen molar-refractivity contribution in [1.82, 2.24) is 0 Å². The standard InChI is InChI=1S/C13H18N2OS/c1-9(16)11-6-7-15(8-11)12-4-2-10(3-5-12)13(14)17/h2-5,9,11,16H,6-8H2,1H3,(H2,14,17). The highest BCUT2D eigenvalue weighted by Crippen LogP contribution is 2.25. The highest BCUT2D eigenvalue weighted by atomic mass is 32.1. The summed E-state index contributed by atoms with van der Waals surface area (Å²) < 4.78 is 0. The van der Waals surface area contributed by atoms with Gasteiger partial charge in [-0.1, -0.05) is 12.2 Å². The van der Waals surface area contributed by atoms with Crippen LogP contribution in [-0.2, 0) is 0 Å². The number of hydrogen-bond donors (Lipinski definition) is 2. The second-order valence-electron chi connectivity index (χ2n) is 4.65. The van der Waals surface area contributed by atoms with E-state index in [2.05, 4.69) is 4.90 Å². The molecule has 1 aromatic rings. The Morgan fingerprint density at radius 3 is 2.59 bits per heavy atom. The first-order valence-electron chi connectivity index (χ1n) is 5.91. The van der Waals surface area contributed by atoms with Gasteiger partial charge in [-0.3, -0.25) is 0 Å². The highest BCUT2D eigenvalue weighted by molar-refractivity contribution is 7.80. The highest BCUT2D eigenvalue weighted by Gasteiger charge is 2.25. The van der Waals surface area contributed by atoms with Gasteiger partial charge in [0.05, 0.1) is 6.10 Å². The zero-order chi connectivity index (χ0) is 12.4. The molecule has 2 rings (SSSR count). The van der Waals surface area contributed by atoms with E-state index in [0.717, 1.165) is 25.1 Å². The van der Waals surface area contributed by atoms with Gasteiger partial charge in [0.25, 0.3) is 0 Å². The molecule has 0 spiro atoms. The Labute approximate surface area is 107 Å². The minimum Gasteiger partial charge on any atom is -0.393 e. The topological polar surface area (TPSA) is 49.5 Å². The van der Waals surface area contributed by atoms with Crippen molar-refractivity contribution in [2.75, 3.05) is 18.0 Å². The number of nitrogens with two attached hydrogens (primary N) is 1. The van der Waals surface area contributed by atoms with Crippen LogP contribution in [0.3, 0.4) is 0 Å². The number of rotatable bonds is 3. The molecule has 0 aromatic heterocycles. The fraction of sp³-hybridized carbons (Fsp3) is 0.462. The van der Waals surface area contributed by atoms with Crippen LogP contribution >= 0.6 is 12.2 Å². The lowest BCUT2D eigenvalue weighted by molar-refractivity contribution is 0.136. The normalized spacial score (nSPS) is 21.5. The maximum atomic E-state index is 9.57. The van der Waals surface area contributed by atoms with Gasteiger partial charge in [0, 0.05) is 30.3 Å². The number of hydrogen-bond acceptors (Lipinski definition) is 3. The van der Waals surface area contributed by atoms with Gasteiger partial charge in [0.15, 0.2) is 0 Å². The van der Waals surface area contributed by atoms with Gasteiger partial charge in [-0.2, -0.15) is 0 Å². The molecule has 17 heavy (non-hydrogen) atoms. The van der Waals surface area contributed by atoms with E-state index in [1.807, 2.05) is 31.2 Å². The van der Waals surface area contributed by atoms with Crippen LogP contribution in [0, 0.1) is 5.92 Å². The van der Waals surface area contributed by atoms with Crippen molar-refractivity contribution in [1.29, 1.82) is 0 Å². The molecule has 2 atom stereocenters. The Kier molecular flexibility index (Phi) is 3.64. The maximum absolute atomic E-state index is 9.57. The van der Waals surface area contributed by atoms with E-state index in [1.54, 1.807) is 0 Å². The van der Waals surface area contributed by atoms with Crippen molar-refractivity contribution in [2.24, 2.45) is 11.7 Å². The average molecular weight is 250 g/mol. The van der Waals surface area contributed by atoms with E-state index in [0.29, 0.717) is 10.9 Å². The molecule has 1 aliphatic heterocycles. The Morgan fingerprint density at radius 1 is 1.47 bits per heavy atom. The lowest BCUT2D eigenvalue weighted by atomic mass is 10.0. The van der Waals surface area contributed by atoms with Gasteiger partial charge >= 0.3 is 0 Å². The molecule has 0 aliphatic carbocycles. The van der Waals surface area contributed by atoms with Crippen LogP contribution in [0.2, 0.25) is 0 Å². The van der Waals surface area contributed by atoms with E-state index >= 15 is 0 Å². The predicted molar refractivity (Wildman–Crippen MR) is 74.3 cm³/mol. The predicted octanol–water partition coefficient (Wildman–Crippen LogP) is 1.53. The van der Waals surface area contributed by atoms with Crippen molar-refractivity contribution in [3.8, 4) is 0 Å². The minimum absolute atomic E-state index is 0.226. The molecule has 0 saturated carbocycles. The Bertz CT molecular complexity index is 402. The molecule has 92 valence electrons. The zero-order valence-corrected chi connectivity index (χ0v) is 10.8. The largest absolute Gasteiger partial charge is 0.393 e. The van der Waals surface area contributed by atoms with Crippen molar-refractivity contribution >= 4 is 22.9 Å². The first-order chi connectivity index (χ1) is 8.08. The third kappa shape index (κ3) is 2.76. The molecule has 1 saturated heterocycles. The molecule has 4 heteroatoms. The number of benzene rings is 1. The number of aliphatic hydroxyl groups is 1. The van der Waals surface area contributed by atoms with Crippen LogP contribution in [0.5, 0.6) is 0 Å². The smallest absolute Gasteiger partial charge is 0.103 e. The summed E-state index contributed by atoms with van der Waals surface area (Å²) in [5.41, 5.74) is 7.64. The summed E-state index contributed by atoms with van der Waals surface area (Å²) in [5.74, 6) is 0.380. The summed E-state index contributed by atoms with van der Waals surface area (Å²) in [6.45, 7) is 3.79. The third-order valence-electron chi connectivity index (χ3n) is 3.42. The quantitative estimate of drug-likeness (QED) is 0.799. The van der Waals surface area contributed by atoms with E-state index < -0.39 is 0 Å². The fourth-order valence-electron chi connectivity index (χ4n) is 2.25. The van der Waals surface area contributed by atoms with Crippen LogP contribution < -0.4 is 10.6 Å². The minimum atomic E-state index is -0.226. The first kappa shape index (κ1) is 12.3. The molecule has 3 N–H and O–H groups in total. The van der Waals surface area contributed by atoms with E-state index in [9.17, 15) is 5.11 Å². The van der Waals surface area contributed by atoms with Crippen molar-refractivity contribution in [3.05, 3.63) is 29.8 Å². The van der Waals surface area contributed by atoms with Crippen LogP contribution in [-0.4, -0.2) is 29.3 Å². The van der Waals surface area contributed by atoms with Crippen molar-refractivity contribution in [2.45, 2.75) is 19.4 Å². The Balaban J connectivity index is 2.06. The van der Waals surface area contributed by atoms with E-state index in [1.165, 1.54) is 5.69 Å². The molecule has 1 fully saturated rings. The van der Waals surface area contributed by atoms with Gasteiger partial charge in [0.1, 0.15) is 4.99 Å². The van der Waals surface area contributed by atoms with Gasteiger partial charge in [-0.15, -0.1) is 0 Å². The Morgan fingerprint density at radius 2 is 2.12 bits per heavy atom. The molecule has 0 bridgehead atoms. The molecule has 0 amide bonds. The molecular weight excluding hydrogens is 232 g/mol. The van der Waals surface area contributed by atoms with Crippen LogP contribution in [0.25, 0.3) is 0 Å². The van der Waals surface area contributed by atoms with Gasteiger partial charge in [-0.05, 0) is 37.6 Å². The second-order valence-corrected chi connectivity index (χ2v) is 5.09. The van der Waals surface area contributed by atoms with Gasteiger partial charge in [0.2, 0.25) is 0 Å². The van der Waals surface area contributed by atoms with Crippen LogP contribution in [0.4, 0.5) is 5.69 Å². The van der Waals surface area contributed by atoms with E-state index in [-0.39, 0.29) is 6.10 Å². The van der Waals surface area contributed by atoms with Crippen molar-refractivity contribution in [3.63, 3.8) is 0 Å². The van der Waals surface area contributed by atoms with Crippen LogP contribution in [0.15, 0.2) is 24.3 Å². The second kappa shape index (κ2) is 5.02. The molecule has 1 aromatic carbocycles. The van der Waals surface area contributed by atoms with Gasteiger partial charge in [-0.25, -0.2) is 0 Å². The molecule has 1 heterocycles. The average Bonchev–Trinajstić information content (AvgIpc) is 2.78. The molecule has 0 radical (unpaired) electrons. The number of anilines is 1. The summed E-state index contributed by atoms with van der Waals surface area (Å²) in [5, 5.41) is 9.57. The molecular formula is C13H18N2OS. The summed E-state index contributed by atoms with van der Waals surface area (Å²) in [4.78, 5) is 2.72. The molecule has 3 nitrogen and oxygen atoms in total. The zero-order valence-electron chi connectivity index (χ0n) is 9.97. The fourth-order valence-corrected chi connectivity index (χ4v) is 2.39. The van der Waals surface area contributed by atoms with E-state index in [4.69, 9.17) is 18.0 Å². The van der Waals surface area contributed by atoms with Crippen molar-refractivity contribution < 1.29 is 5.11 Å². The Hall–Kier alpha value is -1.13. The monoisotopic (exact) mass is 250 g/mol. The number of aliphatic hydroxyl groups excluding tert-OH is 1. The lowest BCUT2D eigenvalue weighted by Crippen LogP contribution is -2.23. The number of thiocarbonyl (C=S) groups is 1. The molecule has 2 unspecified atom stereocenters. The third-order valence-corrected chi connectivity index (χ3v) is 3.66. The maximum Gasteiger partial charge on any atom is 0.103 e. The number of nitrogens with zero attached hydrogens (tertiary/aromatic N) is 1. The summed E-state index contributed by atoms with van der Waals surface area (Å²) in [6.07, 6.45) is 0.824. The summed E-state index contributed by atoms with van der Waals surface area (Å²) in [7, 11) is 0. The first-order valence-corrected chi connectivity index (χ1v) is 6.31. The summed E-state index contributed by atoms with van der Waals surface area (Å²) in [6, 6.07) is 7.98. The SMILES string of the molecule is CC(O)C1CCN(c2ccc(C(N)=S)cc2)C1. The molecule has 1 aliphatic rings. The van der Waals surface area contributed by atoms with Gasteiger partial charge < -0.3 is 15.7 Å². The summed E-state index contributed by atoms with van der Waals surface area (Å²) >= 11 is 4.92. The lowest BCUT2D eigenvalue weighted by Gasteiger charge is -2.19. The van der Waals surface area contributed by atoms with Crippen LogP contribution in [0.1, 0.15) is 18.9 Å².